The largest absolute Gasteiger partial charge is 0.447 e. The smallest absolute Gasteiger partial charge is 0.394 e. The van der Waals surface area contributed by atoms with Crippen molar-refractivity contribution in [3.05, 3.63) is 12.0 Å². The maximum absolute atomic E-state index is 5.80. The third kappa shape index (κ3) is 4.51. The predicted molar refractivity (Wildman–Crippen MR) is 72.1 cm³/mol. The van der Waals surface area contributed by atoms with Crippen LogP contribution >= 0.6 is 0 Å². The van der Waals surface area contributed by atoms with Gasteiger partial charge >= 0.3 is 6.08 Å². The molecular weight excluding hydrogens is 244 g/mol. The summed E-state index contributed by atoms with van der Waals surface area (Å²) in [4.78, 5) is 4.33. The molecule has 1 N–H and O–H groups in total. The molecule has 0 aromatic carbocycles. The van der Waals surface area contributed by atoms with E-state index in [-0.39, 0.29) is 18.3 Å². The third-order valence-corrected chi connectivity index (χ3v) is 3.14. The summed E-state index contributed by atoms with van der Waals surface area (Å²) in [5, 5.41) is 3.29. The molecule has 0 radical (unpaired) electrons. The monoisotopic (exact) mass is 268 g/mol. The number of oxazole rings is 1. The van der Waals surface area contributed by atoms with E-state index in [4.69, 9.17) is 13.9 Å². The zero-order valence-corrected chi connectivity index (χ0v) is 12.2. The van der Waals surface area contributed by atoms with Crippen LogP contribution in [0.3, 0.4) is 0 Å². The summed E-state index contributed by atoms with van der Waals surface area (Å²) in [5.41, 5.74) is 0.872. The standard InChI is InChI=1S/C14H24N2O3/c1-9(2)15-7-12-8-17-14(16-12)19-13-5-10(3)18-11(4)6-13/h8-11,13,15H,5-7H2,1-4H3. The van der Waals surface area contributed by atoms with Crippen LogP contribution in [0.2, 0.25) is 0 Å². The molecule has 108 valence electrons. The van der Waals surface area contributed by atoms with Crippen molar-refractivity contribution in [2.45, 2.75) is 71.4 Å². The Morgan fingerprint density at radius 2 is 2.05 bits per heavy atom. The number of nitrogens with zero attached hydrogens (tertiary/aromatic N) is 1. The minimum Gasteiger partial charge on any atom is -0.447 e. The van der Waals surface area contributed by atoms with Gasteiger partial charge in [-0.25, -0.2) is 0 Å². The second-order valence-electron chi connectivity index (χ2n) is 5.61. The van der Waals surface area contributed by atoms with E-state index in [0.29, 0.717) is 18.7 Å². The lowest BCUT2D eigenvalue weighted by molar-refractivity contribution is -0.0772. The number of aromatic nitrogens is 1. The molecule has 1 aliphatic heterocycles. The molecule has 5 nitrogen and oxygen atoms in total. The Morgan fingerprint density at radius 3 is 2.68 bits per heavy atom. The summed E-state index contributed by atoms with van der Waals surface area (Å²) in [6.07, 6.45) is 4.36. The summed E-state index contributed by atoms with van der Waals surface area (Å²) in [5.74, 6) is 0. The first kappa shape index (κ1) is 14.3. The molecule has 1 aromatic rings. The predicted octanol–water partition coefficient (Wildman–Crippen LogP) is 2.51. The van der Waals surface area contributed by atoms with Crippen LogP contribution in [0.4, 0.5) is 0 Å². The van der Waals surface area contributed by atoms with Crippen molar-refractivity contribution in [2.75, 3.05) is 0 Å². The first-order valence-electron chi connectivity index (χ1n) is 7.03. The van der Waals surface area contributed by atoms with Gasteiger partial charge in [-0.1, -0.05) is 13.8 Å². The van der Waals surface area contributed by atoms with Crippen molar-refractivity contribution < 1.29 is 13.9 Å². The fraction of sp³-hybridized carbons (Fsp3) is 0.786. The summed E-state index contributed by atoms with van der Waals surface area (Å²) in [7, 11) is 0. The maximum Gasteiger partial charge on any atom is 0.394 e. The lowest BCUT2D eigenvalue weighted by atomic mass is 10.0. The van der Waals surface area contributed by atoms with Crippen LogP contribution in [0, 0.1) is 0 Å². The second-order valence-corrected chi connectivity index (χ2v) is 5.61. The number of rotatable bonds is 5. The number of ether oxygens (including phenoxy) is 2. The lowest BCUT2D eigenvalue weighted by Crippen LogP contribution is -2.35. The van der Waals surface area contributed by atoms with Crippen molar-refractivity contribution in [2.24, 2.45) is 0 Å². The maximum atomic E-state index is 5.80. The molecule has 0 spiro atoms. The van der Waals surface area contributed by atoms with Gasteiger partial charge in [-0.15, -0.1) is 0 Å². The van der Waals surface area contributed by atoms with E-state index < -0.39 is 0 Å². The van der Waals surface area contributed by atoms with Crippen molar-refractivity contribution in [3.63, 3.8) is 0 Å². The normalized spacial score (nSPS) is 27.7. The van der Waals surface area contributed by atoms with Crippen LogP contribution in [0.1, 0.15) is 46.2 Å². The first-order valence-corrected chi connectivity index (χ1v) is 7.03. The molecule has 0 amide bonds. The van der Waals surface area contributed by atoms with Crippen LogP contribution in [-0.2, 0) is 11.3 Å². The number of nitrogens with one attached hydrogen (secondary N) is 1. The molecule has 2 atom stereocenters. The Morgan fingerprint density at radius 1 is 1.37 bits per heavy atom. The highest BCUT2D eigenvalue weighted by Gasteiger charge is 2.27. The summed E-state index contributed by atoms with van der Waals surface area (Å²) < 4.78 is 16.8. The Kier molecular flexibility index (Phi) is 4.82. The van der Waals surface area contributed by atoms with Crippen molar-refractivity contribution >= 4 is 0 Å². The van der Waals surface area contributed by atoms with E-state index in [2.05, 4.69) is 38.0 Å². The van der Waals surface area contributed by atoms with Crippen LogP contribution in [0.15, 0.2) is 10.7 Å². The van der Waals surface area contributed by atoms with Gasteiger partial charge in [-0.3, -0.25) is 0 Å². The Labute approximate surface area is 114 Å². The van der Waals surface area contributed by atoms with Gasteiger partial charge in [0.1, 0.15) is 12.4 Å². The number of hydrogen-bond donors (Lipinski definition) is 1. The van der Waals surface area contributed by atoms with E-state index in [1.807, 2.05) is 0 Å². The Balaban J connectivity index is 1.85. The molecule has 2 heterocycles. The minimum absolute atomic E-state index is 0.128. The topological polar surface area (TPSA) is 56.5 Å². The van der Waals surface area contributed by atoms with Crippen molar-refractivity contribution in [1.82, 2.24) is 10.3 Å². The lowest BCUT2D eigenvalue weighted by Gasteiger charge is -2.31. The quantitative estimate of drug-likeness (QED) is 0.889. The molecule has 1 aromatic heterocycles. The molecule has 0 aliphatic carbocycles. The molecule has 1 fully saturated rings. The van der Waals surface area contributed by atoms with Gasteiger partial charge in [0.05, 0.1) is 17.9 Å². The highest BCUT2D eigenvalue weighted by atomic mass is 16.6. The SMILES string of the molecule is CC(C)NCc1coc(OC2CC(C)OC(C)C2)n1. The van der Waals surface area contributed by atoms with Crippen molar-refractivity contribution in [1.29, 1.82) is 0 Å². The van der Waals surface area contributed by atoms with Crippen LogP contribution < -0.4 is 10.1 Å². The zero-order valence-electron chi connectivity index (χ0n) is 12.2. The summed E-state index contributed by atoms with van der Waals surface area (Å²) in [6.45, 7) is 9.04. The first-order chi connectivity index (χ1) is 9.02. The minimum atomic E-state index is 0.128. The van der Waals surface area contributed by atoms with Gasteiger partial charge in [0.15, 0.2) is 0 Å². The fourth-order valence-electron chi connectivity index (χ4n) is 2.32. The van der Waals surface area contributed by atoms with E-state index in [1.165, 1.54) is 0 Å². The van der Waals surface area contributed by atoms with Gasteiger partial charge in [-0.05, 0) is 13.8 Å². The molecule has 0 saturated carbocycles. The third-order valence-electron chi connectivity index (χ3n) is 3.14. The fourth-order valence-corrected chi connectivity index (χ4v) is 2.32. The van der Waals surface area contributed by atoms with Crippen LogP contribution in [0.25, 0.3) is 0 Å². The molecule has 1 aliphatic rings. The summed E-state index contributed by atoms with van der Waals surface area (Å²) in [6, 6.07) is 0.429. The molecule has 2 unspecified atom stereocenters. The van der Waals surface area contributed by atoms with Crippen LogP contribution in [-0.4, -0.2) is 29.3 Å². The van der Waals surface area contributed by atoms with Crippen LogP contribution in [0.5, 0.6) is 6.08 Å². The average molecular weight is 268 g/mol. The van der Waals surface area contributed by atoms with Gasteiger partial charge in [0, 0.05) is 25.4 Å². The van der Waals surface area contributed by atoms with E-state index in [1.54, 1.807) is 6.26 Å². The summed E-state index contributed by atoms with van der Waals surface area (Å²) >= 11 is 0. The Hall–Kier alpha value is -1.07. The molecule has 0 bridgehead atoms. The van der Waals surface area contributed by atoms with Crippen molar-refractivity contribution in [3.8, 4) is 6.08 Å². The molecule has 1 saturated heterocycles. The second kappa shape index (κ2) is 6.39. The van der Waals surface area contributed by atoms with Gasteiger partial charge in [-0.2, -0.15) is 4.98 Å². The van der Waals surface area contributed by atoms with E-state index in [0.717, 1.165) is 18.5 Å². The highest BCUT2D eigenvalue weighted by molar-refractivity contribution is 5.00. The zero-order chi connectivity index (χ0) is 13.8. The molecule has 5 heteroatoms. The highest BCUT2D eigenvalue weighted by Crippen LogP contribution is 2.23. The van der Waals surface area contributed by atoms with Gasteiger partial charge in [0.2, 0.25) is 0 Å². The molecular formula is C14H24N2O3. The number of hydrogen-bond acceptors (Lipinski definition) is 5. The average Bonchev–Trinajstić information content (AvgIpc) is 2.72. The van der Waals surface area contributed by atoms with Gasteiger partial charge in [0.25, 0.3) is 0 Å². The molecule has 2 rings (SSSR count). The molecule has 19 heavy (non-hydrogen) atoms. The Bertz CT molecular complexity index is 382. The van der Waals surface area contributed by atoms with Gasteiger partial charge < -0.3 is 19.2 Å². The van der Waals surface area contributed by atoms with E-state index in [9.17, 15) is 0 Å². The van der Waals surface area contributed by atoms with E-state index >= 15 is 0 Å².